The van der Waals surface area contributed by atoms with E-state index in [2.05, 4.69) is 9.97 Å². The van der Waals surface area contributed by atoms with E-state index in [9.17, 15) is 14.0 Å². The summed E-state index contributed by atoms with van der Waals surface area (Å²) in [6.07, 6.45) is 6.81. The minimum absolute atomic E-state index is 0.0195. The number of H-pyrrole nitrogens is 1. The Balaban J connectivity index is 1.32. The van der Waals surface area contributed by atoms with Crippen molar-refractivity contribution in [1.29, 1.82) is 0 Å². The second-order valence-corrected chi connectivity index (χ2v) is 9.33. The molecule has 156 valence electrons. The van der Waals surface area contributed by atoms with E-state index in [1.165, 1.54) is 16.5 Å². The number of rotatable bonds is 6. The smallest absolute Gasteiger partial charge is 0.259 e. The Morgan fingerprint density at radius 2 is 2.03 bits per heavy atom. The topological polar surface area (TPSA) is 66.1 Å². The number of aromatic amines is 1. The summed E-state index contributed by atoms with van der Waals surface area (Å²) in [5.41, 5.74) is 1.62. The van der Waals surface area contributed by atoms with Gasteiger partial charge in [0.2, 0.25) is 5.91 Å². The molecule has 2 aromatic heterocycles. The summed E-state index contributed by atoms with van der Waals surface area (Å²) in [6, 6.07) is 6.79. The van der Waals surface area contributed by atoms with Gasteiger partial charge in [-0.25, -0.2) is 9.37 Å². The van der Waals surface area contributed by atoms with Gasteiger partial charge in [-0.05, 0) is 50.2 Å². The van der Waals surface area contributed by atoms with Crippen LogP contribution < -0.4 is 5.56 Å². The summed E-state index contributed by atoms with van der Waals surface area (Å²) in [5, 5.41) is 0.740. The van der Waals surface area contributed by atoms with Crippen molar-refractivity contribution >= 4 is 27.5 Å². The molecule has 0 unspecified atom stereocenters. The molecule has 0 aliphatic heterocycles. The van der Waals surface area contributed by atoms with Crippen LogP contribution in [0.25, 0.3) is 10.2 Å². The van der Waals surface area contributed by atoms with E-state index < -0.39 is 0 Å². The van der Waals surface area contributed by atoms with Crippen molar-refractivity contribution < 1.29 is 9.18 Å². The number of aryl methyl sites for hydroxylation is 3. The number of amides is 1. The van der Waals surface area contributed by atoms with Crippen molar-refractivity contribution in [3.63, 3.8) is 0 Å². The van der Waals surface area contributed by atoms with E-state index in [1.807, 2.05) is 0 Å². The molecule has 0 bridgehead atoms. The number of carbonyl (C=O) groups excluding carboxylic acids is 1. The molecule has 2 heterocycles. The highest BCUT2D eigenvalue weighted by molar-refractivity contribution is 7.18. The van der Waals surface area contributed by atoms with Crippen LogP contribution in [0.5, 0.6) is 0 Å². The molecule has 5 rings (SSSR count). The lowest BCUT2D eigenvalue weighted by Gasteiger charge is -2.23. The van der Waals surface area contributed by atoms with Gasteiger partial charge >= 0.3 is 0 Å². The second-order valence-electron chi connectivity index (χ2n) is 8.25. The number of nitrogens with zero attached hydrogens (tertiary/aromatic N) is 2. The maximum atomic E-state index is 14.1. The van der Waals surface area contributed by atoms with Crippen LogP contribution >= 0.6 is 11.3 Å². The first kappa shape index (κ1) is 19.4. The quantitative estimate of drug-likeness (QED) is 0.646. The summed E-state index contributed by atoms with van der Waals surface area (Å²) in [5.74, 6) is 0.254. The van der Waals surface area contributed by atoms with Crippen LogP contribution in [-0.4, -0.2) is 26.8 Å². The Kier molecular flexibility index (Phi) is 5.15. The molecule has 3 aromatic rings. The Labute approximate surface area is 178 Å². The molecule has 30 heavy (non-hydrogen) atoms. The van der Waals surface area contributed by atoms with Crippen molar-refractivity contribution in [3.8, 4) is 0 Å². The number of fused-ring (bicyclic) bond motifs is 3. The van der Waals surface area contributed by atoms with Crippen LogP contribution in [0.4, 0.5) is 4.39 Å². The van der Waals surface area contributed by atoms with Gasteiger partial charge in [0.25, 0.3) is 5.56 Å². The van der Waals surface area contributed by atoms with Gasteiger partial charge in [0.15, 0.2) is 0 Å². The number of halogens is 1. The van der Waals surface area contributed by atoms with Crippen molar-refractivity contribution in [1.82, 2.24) is 14.9 Å². The first-order valence-electron chi connectivity index (χ1n) is 10.7. The zero-order valence-corrected chi connectivity index (χ0v) is 17.6. The fourth-order valence-electron chi connectivity index (χ4n) is 4.31. The third-order valence-electron chi connectivity index (χ3n) is 6.06. The SMILES string of the molecule is O=C(CCc1nc2sc3c(c2c(=O)[nH]1)CCCC3)N(Cc1ccccc1F)C1CC1. The molecule has 1 fully saturated rings. The molecule has 2 aliphatic carbocycles. The minimum atomic E-state index is -0.283. The fraction of sp³-hybridized carbons (Fsp3) is 0.435. The Bertz CT molecular complexity index is 1160. The van der Waals surface area contributed by atoms with Crippen LogP contribution in [0.15, 0.2) is 29.1 Å². The van der Waals surface area contributed by atoms with Crippen molar-refractivity contribution in [2.24, 2.45) is 0 Å². The molecule has 5 nitrogen and oxygen atoms in total. The third kappa shape index (κ3) is 3.78. The van der Waals surface area contributed by atoms with Crippen LogP contribution in [0.3, 0.4) is 0 Å². The monoisotopic (exact) mass is 425 g/mol. The molecule has 1 aromatic carbocycles. The molecule has 1 amide bonds. The number of benzene rings is 1. The average molecular weight is 426 g/mol. The Hall–Kier alpha value is -2.54. The maximum Gasteiger partial charge on any atom is 0.259 e. The molecular weight excluding hydrogens is 401 g/mol. The first-order valence-corrected chi connectivity index (χ1v) is 11.5. The van der Waals surface area contributed by atoms with Gasteiger partial charge in [0.1, 0.15) is 16.5 Å². The van der Waals surface area contributed by atoms with Crippen LogP contribution in [0.1, 0.15) is 53.9 Å². The van der Waals surface area contributed by atoms with E-state index in [0.29, 0.717) is 17.8 Å². The van der Waals surface area contributed by atoms with E-state index in [1.54, 1.807) is 34.4 Å². The lowest BCUT2D eigenvalue weighted by molar-refractivity contribution is -0.132. The standard InChI is InChI=1S/C23H24FN3O2S/c24-17-7-3-1-5-14(17)13-27(15-9-10-15)20(28)12-11-19-25-22(29)21-16-6-2-4-8-18(16)30-23(21)26-19/h1,3,5,7,15H,2,4,6,8-13H2,(H,25,26,29). The van der Waals surface area contributed by atoms with Crippen molar-refractivity contribution in [2.75, 3.05) is 0 Å². The number of hydrogen-bond donors (Lipinski definition) is 1. The van der Waals surface area contributed by atoms with Gasteiger partial charge < -0.3 is 9.88 Å². The summed E-state index contributed by atoms with van der Waals surface area (Å²) in [7, 11) is 0. The number of hydrogen-bond acceptors (Lipinski definition) is 4. The molecule has 2 aliphatic rings. The molecule has 1 saturated carbocycles. The highest BCUT2D eigenvalue weighted by Gasteiger charge is 2.32. The molecule has 7 heteroatoms. The lowest BCUT2D eigenvalue weighted by Crippen LogP contribution is -2.33. The molecule has 0 atom stereocenters. The number of carbonyl (C=O) groups is 1. The van der Waals surface area contributed by atoms with Gasteiger partial charge in [0.05, 0.1) is 5.39 Å². The molecule has 0 spiro atoms. The Morgan fingerprint density at radius 3 is 2.83 bits per heavy atom. The van der Waals surface area contributed by atoms with E-state index in [-0.39, 0.29) is 36.3 Å². The fourth-order valence-corrected chi connectivity index (χ4v) is 5.59. The van der Waals surface area contributed by atoms with E-state index >= 15 is 0 Å². The van der Waals surface area contributed by atoms with Crippen molar-refractivity contribution in [2.45, 2.75) is 64.0 Å². The summed E-state index contributed by atoms with van der Waals surface area (Å²) < 4.78 is 14.1. The number of nitrogens with one attached hydrogen (secondary N) is 1. The predicted molar refractivity (Wildman–Crippen MR) is 115 cm³/mol. The number of thiophene rings is 1. The van der Waals surface area contributed by atoms with Gasteiger partial charge in [-0.1, -0.05) is 18.2 Å². The zero-order chi connectivity index (χ0) is 20.7. The molecule has 0 saturated heterocycles. The summed E-state index contributed by atoms with van der Waals surface area (Å²) >= 11 is 1.62. The molecule has 0 radical (unpaired) electrons. The van der Waals surface area contributed by atoms with Crippen LogP contribution in [-0.2, 0) is 30.6 Å². The summed E-state index contributed by atoms with van der Waals surface area (Å²) in [4.78, 5) is 37.0. The zero-order valence-electron chi connectivity index (χ0n) is 16.7. The minimum Gasteiger partial charge on any atom is -0.335 e. The Morgan fingerprint density at radius 1 is 1.23 bits per heavy atom. The normalized spacial score (nSPS) is 15.9. The molecular formula is C23H24FN3O2S. The predicted octanol–water partition coefficient (Wildman–Crippen LogP) is 4.13. The van der Waals surface area contributed by atoms with Gasteiger partial charge in [0, 0.05) is 35.9 Å². The summed E-state index contributed by atoms with van der Waals surface area (Å²) in [6.45, 7) is 0.288. The third-order valence-corrected chi connectivity index (χ3v) is 7.24. The molecule has 1 N–H and O–H groups in total. The van der Waals surface area contributed by atoms with Gasteiger partial charge in [-0.2, -0.15) is 0 Å². The largest absolute Gasteiger partial charge is 0.335 e. The maximum absolute atomic E-state index is 14.1. The first-order chi connectivity index (χ1) is 14.6. The lowest BCUT2D eigenvalue weighted by atomic mass is 9.97. The van der Waals surface area contributed by atoms with E-state index in [0.717, 1.165) is 48.7 Å². The van der Waals surface area contributed by atoms with Crippen LogP contribution in [0, 0.1) is 5.82 Å². The second kappa shape index (κ2) is 7.95. The van der Waals surface area contributed by atoms with Crippen LogP contribution in [0.2, 0.25) is 0 Å². The number of aromatic nitrogens is 2. The van der Waals surface area contributed by atoms with E-state index in [4.69, 9.17) is 0 Å². The van der Waals surface area contributed by atoms with Gasteiger partial charge in [-0.15, -0.1) is 11.3 Å². The highest BCUT2D eigenvalue weighted by Crippen LogP contribution is 2.33. The van der Waals surface area contributed by atoms with Crippen molar-refractivity contribution in [3.05, 3.63) is 62.3 Å². The van der Waals surface area contributed by atoms with Gasteiger partial charge in [-0.3, -0.25) is 9.59 Å². The average Bonchev–Trinajstić information content (AvgIpc) is 3.51. The highest BCUT2D eigenvalue weighted by atomic mass is 32.1.